The molecule has 1 aliphatic heterocycles. The van der Waals surface area contributed by atoms with Gasteiger partial charge >= 0.3 is 6.03 Å². The Morgan fingerprint density at radius 3 is 2.75 bits per heavy atom. The third-order valence-corrected chi connectivity index (χ3v) is 4.89. The molecular weight excluding hydrogens is 354 g/mol. The van der Waals surface area contributed by atoms with Crippen molar-refractivity contribution in [2.24, 2.45) is 0 Å². The highest BCUT2D eigenvalue weighted by Gasteiger charge is 2.19. The second-order valence-electron chi connectivity index (χ2n) is 6.92. The van der Waals surface area contributed by atoms with Gasteiger partial charge < -0.3 is 20.4 Å². The number of aryl methyl sites for hydroxylation is 1. The summed E-state index contributed by atoms with van der Waals surface area (Å²) in [7, 11) is 1.60. The lowest BCUT2D eigenvalue weighted by molar-refractivity contribution is 0.0963. The minimum atomic E-state index is -0.132. The van der Waals surface area contributed by atoms with Crippen LogP contribution in [-0.4, -0.2) is 55.0 Å². The maximum absolute atomic E-state index is 12.6. The maximum Gasteiger partial charge on any atom is 0.317 e. The van der Waals surface area contributed by atoms with Gasteiger partial charge in [-0.3, -0.25) is 9.78 Å². The highest BCUT2D eigenvalue weighted by atomic mass is 16.2. The molecule has 28 heavy (non-hydrogen) atoms. The molecule has 1 aliphatic rings. The molecule has 7 nitrogen and oxygen atoms in total. The second-order valence-corrected chi connectivity index (χ2v) is 6.92. The van der Waals surface area contributed by atoms with Crippen LogP contribution in [0.5, 0.6) is 0 Å². The standard InChI is InChI=1S/C21H27N5O2/c1-16-13-19(7-8-23-16)25-9-4-10-26(12-11-25)21(28)24-15-17-5-3-6-18(14-17)20(27)22-2/h3,5-8,13-14H,4,9-12,15H2,1-2H3,(H,22,27)(H,24,28). The first-order chi connectivity index (χ1) is 13.6. The van der Waals surface area contributed by atoms with Crippen molar-refractivity contribution in [1.82, 2.24) is 20.5 Å². The number of pyridine rings is 1. The van der Waals surface area contributed by atoms with Crippen LogP contribution in [0.25, 0.3) is 0 Å². The maximum atomic E-state index is 12.6. The number of amides is 3. The van der Waals surface area contributed by atoms with Gasteiger partial charge in [-0.15, -0.1) is 0 Å². The average Bonchev–Trinajstić information content (AvgIpc) is 2.98. The van der Waals surface area contributed by atoms with E-state index in [2.05, 4.69) is 26.6 Å². The molecule has 0 aliphatic carbocycles. The van der Waals surface area contributed by atoms with E-state index in [0.29, 0.717) is 18.7 Å². The van der Waals surface area contributed by atoms with Crippen molar-refractivity contribution in [3.63, 3.8) is 0 Å². The Labute approximate surface area is 165 Å². The van der Waals surface area contributed by atoms with Gasteiger partial charge in [0.1, 0.15) is 0 Å². The fraction of sp³-hybridized carbons (Fsp3) is 0.381. The van der Waals surface area contributed by atoms with Crippen molar-refractivity contribution < 1.29 is 9.59 Å². The first-order valence-corrected chi connectivity index (χ1v) is 9.58. The van der Waals surface area contributed by atoms with Gasteiger partial charge in [0.25, 0.3) is 5.91 Å². The molecule has 2 aromatic rings. The Kier molecular flexibility index (Phi) is 6.47. The number of hydrogen-bond acceptors (Lipinski definition) is 4. The van der Waals surface area contributed by atoms with Gasteiger partial charge in [0, 0.05) is 62.9 Å². The average molecular weight is 381 g/mol. The molecule has 1 aromatic carbocycles. The number of carbonyl (C=O) groups is 2. The van der Waals surface area contributed by atoms with Gasteiger partial charge in [-0.05, 0) is 43.2 Å². The molecule has 1 aromatic heterocycles. The van der Waals surface area contributed by atoms with E-state index >= 15 is 0 Å². The third-order valence-electron chi connectivity index (χ3n) is 4.89. The topological polar surface area (TPSA) is 77.6 Å². The summed E-state index contributed by atoms with van der Waals surface area (Å²) in [6.45, 7) is 5.49. The van der Waals surface area contributed by atoms with Crippen molar-refractivity contribution >= 4 is 17.6 Å². The van der Waals surface area contributed by atoms with Crippen LogP contribution in [0.2, 0.25) is 0 Å². The van der Waals surface area contributed by atoms with Crippen molar-refractivity contribution in [3.05, 3.63) is 59.4 Å². The Morgan fingerprint density at radius 2 is 1.96 bits per heavy atom. The molecule has 0 bridgehead atoms. The van der Waals surface area contributed by atoms with E-state index in [1.807, 2.05) is 36.2 Å². The van der Waals surface area contributed by atoms with Crippen LogP contribution in [-0.2, 0) is 6.54 Å². The fourth-order valence-corrected chi connectivity index (χ4v) is 3.36. The van der Waals surface area contributed by atoms with Crippen LogP contribution in [0.4, 0.5) is 10.5 Å². The van der Waals surface area contributed by atoms with E-state index in [9.17, 15) is 9.59 Å². The van der Waals surface area contributed by atoms with E-state index in [0.717, 1.165) is 43.0 Å². The lowest BCUT2D eigenvalue weighted by atomic mass is 10.1. The number of nitrogens with zero attached hydrogens (tertiary/aromatic N) is 3. The van der Waals surface area contributed by atoms with E-state index < -0.39 is 0 Å². The van der Waals surface area contributed by atoms with Crippen LogP contribution < -0.4 is 15.5 Å². The van der Waals surface area contributed by atoms with E-state index in [1.54, 1.807) is 19.2 Å². The summed E-state index contributed by atoms with van der Waals surface area (Å²) < 4.78 is 0. The van der Waals surface area contributed by atoms with Gasteiger partial charge in [-0.2, -0.15) is 0 Å². The Morgan fingerprint density at radius 1 is 1.11 bits per heavy atom. The molecule has 0 saturated carbocycles. The summed E-state index contributed by atoms with van der Waals surface area (Å²) in [5.41, 5.74) is 3.64. The first-order valence-electron chi connectivity index (χ1n) is 9.58. The molecule has 0 unspecified atom stereocenters. The van der Waals surface area contributed by atoms with E-state index in [-0.39, 0.29) is 11.9 Å². The monoisotopic (exact) mass is 381 g/mol. The van der Waals surface area contributed by atoms with Crippen LogP contribution in [0, 0.1) is 6.92 Å². The zero-order valence-corrected chi connectivity index (χ0v) is 16.4. The molecule has 3 rings (SSSR count). The van der Waals surface area contributed by atoms with Crippen molar-refractivity contribution in [2.45, 2.75) is 19.9 Å². The quantitative estimate of drug-likeness (QED) is 0.851. The minimum absolute atomic E-state index is 0.0712. The van der Waals surface area contributed by atoms with Crippen LogP contribution >= 0.6 is 0 Å². The highest BCUT2D eigenvalue weighted by molar-refractivity contribution is 5.94. The van der Waals surface area contributed by atoms with Gasteiger partial charge in [0.15, 0.2) is 0 Å². The number of hydrogen-bond donors (Lipinski definition) is 2. The van der Waals surface area contributed by atoms with Crippen molar-refractivity contribution in [1.29, 1.82) is 0 Å². The van der Waals surface area contributed by atoms with Crippen LogP contribution in [0.1, 0.15) is 28.0 Å². The lowest BCUT2D eigenvalue weighted by Gasteiger charge is -2.24. The predicted octanol–water partition coefficient (Wildman–Crippen LogP) is 2.17. The normalized spacial score (nSPS) is 14.4. The molecule has 0 radical (unpaired) electrons. The van der Waals surface area contributed by atoms with E-state index in [1.165, 1.54) is 0 Å². The number of rotatable bonds is 4. The number of urea groups is 1. The van der Waals surface area contributed by atoms with Gasteiger partial charge in [0.2, 0.25) is 0 Å². The molecule has 2 heterocycles. The fourth-order valence-electron chi connectivity index (χ4n) is 3.36. The van der Waals surface area contributed by atoms with Gasteiger partial charge in [-0.1, -0.05) is 12.1 Å². The largest absolute Gasteiger partial charge is 0.370 e. The van der Waals surface area contributed by atoms with Gasteiger partial charge in [0.05, 0.1) is 0 Å². The summed E-state index contributed by atoms with van der Waals surface area (Å²) in [6, 6.07) is 11.3. The van der Waals surface area contributed by atoms with Crippen molar-refractivity contribution in [2.75, 3.05) is 38.1 Å². The summed E-state index contributed by atoms with van der Waals surface area (Å²) in [5, 5.41) is 5.58. The third kappa shape index (κ3) is 5.00. The number of benzene rings is 1. The smallest absolute Gasteiger partial charge is 0.317 e. The van der Waals surface area contributed by atoms with Gasteiger partial charge in [-0.25, -0.2) is 4.79 Å². The molecule has 0 atom stereocenters. The summed E-state index contributed by atoms with van der Waals surface area (Å²) in [5.74, 6) is -0.132. The van der Waals surface area contributed by atoms with E-state index in [4.69, 9.17) is 0 Å². The minimum Gasteiger partial charge on any atom is -0.370 e. The number of carbonyl (C=O) groups excluding carboxylic acids is 2. The highest BCUT2D eigenvalue weighted by Crippen LogP contribution is 2.17. The summed E-state index contributed by atoms with van der Waals surface area (Å²) in [6.07, 6.45) is 2.74. The molecule has 3 amide bonds. The summed E-state index contributed by atoms with van der Waals surface area (Å²) in [4.78, 5) is 32.8. The molecule has 1 saturated heterocycles. The lowest BCUT2D eigenvalue weighted by Crippen LogP contribution is -2.41. The zero-order chi connectivity index (χ0) is 19.9. The molecular formula is C21H27N5O2. The Balaban J connectivity index is 1.54. The van der Waals surface area contributed by atoms with Crippen LogP contribution in [0.15, 0.2) is 42.6 Å². The number of nitrogens with one attached hydrogen (secondary N) is 2. The number of anilines is 1. The zero-order valence-electron chi connectivity index (χ0n) is 16.4. The number of aromatic nitrogens is 1. The second kappa shape index (κ2) is 9.21. The summed E-state index contributed by atoms with van der Waals surface area (Å²) >= 11 is 0. The van der Waals surface area contributed by atoms with Crippen molar-refractivity contribution in [3.8, 4) is 0 Å². The molecule has 0 spiro atoms. The molecule has 1 fully saturated rings. The molecule has 2 N–H and O–H groups in total. The first kappa shape index (κ1) is 19.7. The molecule has 7 heteroatoms. The predicted molar refractivity (Wildman–Crippen MR) is 109 cm³/mol. The SMILES string of the molecule is CNC(=O)c1cccc(CNC(=O)N2CCCN(c3ccnc(C)c3)CC2)c1. The Bertz CT molecular complexity index is 839. The Hall–Kier alpha value is -3.09. The van der Waals surface area contributed by atoms with Crippen LogP contribution in [0.3, 0.4) is 0 Å². The molecule has 148 valence electrons.